The molecule has 56 heavy (non-hydrogen) atoms. The Hall–Kier alpha value is -5.91. The van der Waals surface area contributed by atoms with Crippen LogP contribution in [-0.2, 0) is 32.6 Å². The third-order valence-electron chi connectivity index (χ3n) is 8.68. The first-order chi connectivity index (χ1) is 26.8. The molecule has 2 fully saturated rings. The Morgan fingerprint density at radius 2 is 1.43 bits per heavy atom. The number of esters is 2. The summed E-state index contributed by atoms with van der Waals surface area (Å²) in [5.74, 6) is -2.49. The maximum absolute atomic E-state index is 13.6. The van der Waals surface area contributed by atoms with E-state index in [0.717, 1.165) is 17.2 Å². The quantitative estimate of drug-likeness (QED) is 0.0654. The van der Waals surface area contributed by atoms with Gasteiger partial charge in [0.05, 0.1) is 30.7 Å². The number of rotatable bonds is 12. The number of aromatic nitrogens is 7. The predicted molar refractivity (Wildman–Crippen MR) is 186 cm³/mol. The average molecular weight is 798 g/mol. The topological polar surface area (TPSA) is 331 Å². The molecule has 0 saturated carbocycles. The second-order valence-electron chi connectivity index (χ2n) is 12.3. The molecule has 2 saturated heterocycles. The molecule has 0 bridgehead atoms. The minimum absolute atomic E-state index is 0.0743. The van der Waals surface area contributed by atoms with Crippen LogP contribution in [0.4, 0.5) is 11.9 Å². The van der Waals surface area contributed by atoms with Crippen molar-refractivity contribution in [1.82, 2.24) is 34.1 Å². The molecule has 3 unspecified atom stereocenters. The Morgan fingerprint density at radius 3 is 2.05 bits per heavy atom. The monoisotopic (exact) mass is 797 g/mol. The number of phosphoric acid groups is 1. The molecule has 7 rings (SSSR count). The highest BCUT2D eigenvalue weighted by molar-refractivity contribution is 7.47. The number of aliphatic hydroxyl groups is 2. The van der Waals surface area contributed by atoms with Gasteiger partial charge in [-0.15, -0.1) is 0 Å². The maximum atomic E-state index is 13.6. The Balaban J connectivity index is 1.14. The van der Waals surface area contributed by atoms with Crippen LogP contribution in [0.1, 0.15) is 33.2 Å². The smallest absolute Gasteiger partial charge is 0.451 e. The lowest BCUT2D eigenvalue weighted by Gasteiger charge is -2.26. The standard InChI is InChI=1S/C32H32N9O14P/c33-30-36-14-41(32(47)39-30)26-22(53-28(45)15-7-3-1-4-8-15)20(43)18(52-26)12-50-56(48,49)55-21-17(11-42)51-27(23(21)54-29(46)16-9-5-2-6-10-16)40-13-35-19-24(40)37-31(34)38-25(19)44/h1-10,13-14,17-18,20-23,26-27,42-43H,11-12H2,(H,48,49)(H2,33,39,47)(H3,34,37,38,44)/t17-,18-,20+,21+,22?,23?,26-,27-/m1/s1. The summed E-state index contributed by atoms with van der Waals surface area (Å²) in [6.45, 7) is -1.76. The molecular weight excluding hydrogens is 765 g/mol. The number of phosphoric ester groups is 1. The molecule has 9 atom stereocenters. The largest absolute Gasteiger partial charge is 0.472 e. The zero-order chi connectivity index (χ0) is 39.7. The van der Waals surface area contributed by atoms with Crippen molar-refractivity contribution in [3.63, 3.8) is 0 Å². The van der Waals surface area contributed by atoms with E-state index in [2.05, 4.69) is 24.9 Å². The van der Waals surface area contributed by atoms with Gasteiger partial charge in [0, 0.05) is 0 Å². The minimum atomic E-state index is -5.30. The summed E-state index contributed by atoms with van der Waals surface area (Å²) < 4.78 is 49.3. The first kappa shape index (κ1) is 38.4. The van der Waals surface area contributed by atoms with Gasteiger partial charge in [-0.3, -0.25) is 28.0 Å². The lowest BCUT2D eigenvalue weighted by Crippen LogP contribution is -2.40. The molecule has 0 spiro atoms. The summed E-state index contributed by atoms with van der Waals surface area (Å²) >= 11 is 0. The van der Waals surface area contributed by atoms with Gasteiger partial charge in [-0.1, -0.05) is 36.4 Å². The van der Waals surface area contributed by atoms with E-state index in [4.69, 9.17) is 39.5 Å². The van der Waals surface area contributed by atoms with Gasteiger partial charge in [-0.25, -0.2) is 28.9 Å². The summed E-state index contributed by atoms with van der Waals surface area (Å²) in [5.41, 5.74) is 9.45. The molecule has 2 aromatic carbocycles. The highest BCUT2D eigenvalue weighted by atomic mass is 31.2. The van der Waals surface area contributed by atoms with E-state index in [9.17, 15) is 38.8 Å². The van der Waals surface area contributed by atoms with Crippen LogP contribution in [0.3, 0.4) is 0 Å². The van der Waals surface area contributed by atoms with Crippen LogP contribution in [0.25, 0.3) is 11.2 Å². The molecule has 0 radical (unpaired) electrons. The van der Waals surface area contributed by atoms with Gasteiger partial charge in [0.15, 0.2) is 35.8 Å². The number of hydrogen-bond acceptors (Lipinski definition) is 19. The fourth-order valence-electron chi connectivity index (χ4n) is 6.08. The molecule has 24 heteroatoms. The van der Waals surface area contributed by atoms with E-state index >= 15 is 0 Å². The number of nitrogens with one attached hydrogen (secondary N) is 1. The van der Waals surface area contributed by atoms with Crippen molar-refractivity contribution < 1.29 is 57.3 Å². The number of H-pyrrole nitrogens is 1. The van der Waals surface area contributed by atoms with Gasteiger partial charge >= 0.3 is 25.5 Å². The number of aromatic amines is 1. The number of imidazole rings is 1. The highest BCUT2D eigenvalue weighted by Gasteiger charge is 2.53. The van der Waals surface area contributed by atoms with Gasteiger partial charge in [-0.2, -0.15) is 9.97 Å². The molecule has 23 nitrogen and oxygen atoms in total. The zero-order valence-electron chi connectivity index (χ0n) is 28.6. The number of nitrogen functional groups attached to an aromatic ring is 2. The number of fused-ring (bicyclic) bond motifs is 1. The van der Waals surface area contributed by atoms with Gasteiger partial charge in [-0.05, 0) is 24.3 Å². The van der Waals surface area contributed by atoms with Crippen molar-refractivity contribution in [3.05, 3.63) is 105 Å². The normalized spacial score (nSPS) is 25.8. The molecule has 5 aromatic rings. The van der Waals surface area contributed by atoms with Crippen molar-refractivity contribution in [1.29, 1.82) is 0 Å². The Morgan fingerprint density at radius 1 is 0.839 bits per heavy atom. The number of nitrogens with two attached hydrogens (primary N) is 2. The molecular formula is C32H32N9O14P. The molecule has 3 aromatic heterocycles. The van der Waals surface area contributed by atoms with Crippen molar-refractivity contribution in [2.75, 3.05) is 24.7 Å². The predicted octanol–water partition coefficient (Wildman–Crippen LogP) is -0.963. The van der Waals surface area contributed by atoms with Gasteiger partial charge < -0.3 is 45.5 Å². The number of anilines is 2. The van der Waals surface area contributed by atoms with Crippen LogP contribution in [0, 0.1) is 0 Å². The summed E-state index contributed by atoms with van der Waals surface area (Å²) in [5, 5.41) is 21.6. The van der Waals surface area contributed by atoms with Crippen LogP contribution >= 0.6 is 7.82 Å². The third kappa shape index (κ3) is 7.78. The second kappa shape index (κ2) is 15.7. The molecule has 2 aliphatic heterocycles. The fourth-order valence-corrected chi connectivity index (χ4v) is 7.04. The van der Waals surface area contributed by atoms with Gasteiger partial charge in [0.1, 0.15) is 30.7 Å². The molecule has 5 heterocycles. The van der Waals surface area contributed by atoms with Crippen LogP contribution < -0.4 is 22.7 Å². The first-order valence-corrected chi connectivity index (χ1v) is 18.0. The van der Waals surface area contributed by atoms with Gasteiger partial charge in [0.2, 0.25) is 11.9 Å². The first-order valence-electron chi connectivity index (χ1n) is 16.5. The van der Waals surface area contributed by atoms with E-state index in [-0.39, 0.29) is 34.2 Å². The molecule has 2 aliphatic rings. The van der Waals surface area contributed by atoms with E-state index in [0.29, 0.717) is 0 Å². The van der Waals surface area contributed by atoms with E-state index in [1.807, 2.05) is 0 Å². The SMILES string of the molecule is Nc1ncn([C@@H]2O[C@H](COP(=O)(O)O[C@@H]3C(OC(=O)c4ccccc4)[C@H](n4cnc5c(=O)[nH]c(N)nc54)O[C@@H]3CO)[C@H](O)C2OC(=O)c2ccccc2)c(=O)n1. The van der Waals surface area contributed by atoms with E-state index < -0.39 is 93.3 Å². The van der Waals surface area contributed by atoms with Crippen molar-refractivity contribution >= 4 is 42.8 Å². The Labute approximate surface area is 313 Å². The van der Waals surface area contributed by atoms with Crippen LogP contribution in [0.5, 0.6) is 0 Å². The number of aliphatic hydroxyl groups excluding tert-OH is 2. The van der Waals surface area contributed by atoms with E-state index in [1.165, 1.54) is 28.8 Å². The van der Waals surface area contributed by atoms with Crippen molar-refractivity contribution in [3.8, 4) is 0 Å². The Bertz CT molecular complexity index is 2400. The number of ether oxygens (including phenoxy) is 4. The number of carbonyl (C=O) groups is 2. The van der Waals surface area contributed by atoms with Crippen LogP contribution in [-0.4, -0.2) is 111 Å². The maximum Gasteiger partial charge on any atom is 0.472 e. The Kier molecular flexibility index (Phi) is 10.7. The second-order valence-corrected chi connectivity index (χ2v) is 13.7. The third-order valence-corrected chi connectivity index (χ3v) is 9.67. The zero-order valence-corrected chi connectivity index (χ0v) is 29.5. The van der Waals surface area contributed by atoms with Crippen LogP contribution in [0.15, 0.2) is 82.9 Å². The molecule has 8 N–H and O–H groups in total. The molecule has 0 amide bonds. The molecule has 0 aliphatic carbocycles. The fraction of sp³-hybridized carbons (Fsp3) is 0.312. The van der Waals surface area contributed by atoms with Gasteiger partial charge in [0.25, 0.3) is 5.56 Å². The number of hydrogen-bond donors (Lipinski definition) is 6. The van der Waals surface area contributed by atoms with E-state index in [1.54, 1.807) is 36.4 Å². The number of benzene rings is 2. The summed E-state index contributed by atoms with van der Waals surface area (Å²) in [4.78, 5) is 80.2. The molecule has 294 valence electrons. The summed E-state index contributed by atoms with van der Waals surface area (Å²) in [6, 6.07) is 15.4. The number of nitrogens with zero attached hydrogens (tertiary/aromatic N) is 6. The minimum Gasteiger partial charge on any atom is -0.451 e. The number of carbonyl (C=O) groups excluding carboxylic acids is 2. The lowest BCUT2D eigenvalue weighted by atomic mass is 10.1. The van der Waals surface area contributed by atoms with Crippen molar-refractivity contribution in [2.45, 2.75) is 49.1 Å². The van der Waals surface area contributed by atoms with Crippen LogP contribution in [0.2, 0.25) is 0 Å². The average Bonchev–Trinajstić information content (AvgIpc) is 3.84. The lowest BCUT2D eigenvalue weighted by molar-refractivity contribution is -0.0645. The highest BCUT2D eigenvalue weighted by Crippen LogP contribution is 2.50. The summed E-state index contributed by atoms with van der Waals surface area (Å²) in [6.07, 6.45) is -10.7. The summed E-state index contributed by atoms with van der Waals surface area (Å²) in [7, 11) is -5.30. The van der Waals surface area contributed by atoms with Crippen molar-refractivity contribution in [2.24, 2.45) is 0 Å².